The first-order valence-corrected chi connectivity index (χ1v) is 12.5. The zero-order valence-electron chi connectivity index (χ0n) is 20.8. The van der Waals surface area contributed by atoms with Crippen molar-refractivity contribution in [3.05, 3.63) is 80.6 Å². The van der Waals surface area contributed by atoms with Crippen molar-refractivity contribution >= 4 is 28.4 Å². The van der Waals surface area contributed by atoms with Gasteiger partial charge < -0.3 is 24.3 Å². The van der Waals surface area contributed by atoms with E-state index in [1.807, 2.05) is 49.3 Å². The van der Waals surface area contributed by atoms with Crippen molar-refractivity contribution in [3.63, 3.8) is 0 Å². The van der Waals surface area contributed by atoms with Gasteiger partial charge in [0.05, 0.1) is 19.8 Å². The number of amides is 1. The van der Waals surface area contributed by atoms with Gasteiger partial charge in [-0.3, -0.25) is 14.5 Å². The predicted molar refractivity (Wildman–Crippen MR) is 141 cm³/mol. The number of benzene rings is 2. The minimum absolute atomic E-state index is 0.0733. The average molecular weight is 513 g/mol. The van der Waals surface area contributed by atoms with Gasteiger partial charge in [0.15, 0.2) is 0 Å². The van der Waals surface area contributed by atoms with Gasteiger partial charge in [0.25, 0.3) is 5.91 Å². The molecule has 0 bridgehead atoms. The van der Waals surface area contributed by atoms with Gasteiger partial charge in [-0.1, -0.05) is 29.8 Å². The maximum Gasteiger partial charge on any atom is 0.261 e. The van der Waals surface area contributed by atoms with Gasteiger partial charge in [0.1, 0.15) is 12.3 Å². The number of carbonyl (C=O) groups is 1. The summed E-state index contributed by atoms with van der Waals surface area (Å²) in [5.74, 6) is -0.378. The van der Waals surface area contributed by atoms with Gasteiger partial charge in [0.2, 0.25) is 5.43 Å². The highest BCUT2D eigenvalue weighted by Crippen LogP contribution is 2.16. The molecular weight excluding hydrogens is 480 g/mol. The molecule has 0 saturated carbocycles. The number of hydrogen-bond donors (Lipinski definition) is 1. The average Bonchev–Trinajstić information content (AvgIpc) is 2.88. The van der Waals surface area contributed by atoms with Gasteiger partial charge in [-0.25, -0.2) is 0 Å². The van der Waals surface area contributed by atoms with Crippen molar-refractivity contribution in [1.29, 1.82) is 0 Å². The predicted octanol–water partition coefficient (Wildman–Crippen LogP) is 3.19. The number of pyridine rings is 1. The number of ether oxygens (including phenoxy) is 2. The Bertz CT molecular complexity index is 1220. The van der Waals surface area contributed by atoms with E-state index in [-0.39, 0.29) is 23.6 Å². The second-order valence-electron chi connectivity index (χ2n) is 9.27. The summed E-state index contributed by atoms with van der Waals surface area (Å²) >= 11 is 6.02. The normalized spacial score (nSPS) is 14.4. The van der Waals surface area contributed by atoms with E-state index in [9.17, 15) is 9.59 Å². The van der Waals surface area contributed by atoms with Crippen molar-refractivity contribution < 1.29 is 14.3 Å². The largest absolute Gasteiger partial charge is 0.379 e. The third-order valence-corrected chi connectivity index (χ3v) is 6.44. The number of morpholine rings is 1. The lowest BCUT2D eigenvalue weighted by atomic mass is 10.1. The molecule has 1 N–H and O–H groups in total. The van der Waals surface area contributed by atoms with Gasteiger partial charge in [0, 0.05) is 54.8 Å². The summed E-state index contributed by atoms with van der Waals surface area (Å²) in [6.07, 6.45) is 1.50. The van der Waals surface area contributed by atoms with Crippen LogP contribution in [0, 0.1) is 0 Å². The lowest BCUT2D eigenvalue weighted by Gasteiger charge is -2.26. The summed E-state index contributed by atoms with van der Waals surface area (Å²) in [5.41, 5.74) is 2.44. The van der Waals surface area contributed by atoms with Crippen molar-refractivity contribution in [2.75, 3.05) is 60.3 Å². The topological polar surface area (TPSA) is 78.1 Å². The molecule has 1 aliphatic rings. The molecule has 0 unspecified atom stereocenters. The third kappa shape index (κ3) is 6.93. The van der Waals surface area contributed by atoms with Crippen LogP contribution < -0.4 is 5.43 Å². The summed E-state index contributed by atoms with van der Waals surface area (Å²) in [7, 11) is 3.92. The Morgan fingerprint density at radius 3 is 2.56 bits per heavy atom. The van der Waals surface area contributed by atoms with Crippen LogP contribution >= 0.6 is 11.6 Å². The van der Waals surface area contributed by atoms with Crippen LogP contribution in [0.3, 0.4) is 0 Å². The molecule has 0 atom stereocenters. The molecule has 2 aromatic carbocycles. The fraction of sp³-hybridized carbons (Fsp3) is 0.407. The smallest absolute Gasteiger partial charge is 0.261 e. The molecule has 9 heteroatoms. The van der Waals surface area contributed by atoms with Crippen molar-refractivity contribution in [2.24, 2.45) is 0 Å². The molecule has 4 rings (SSSR count). The number of nitrogens with one attached hydrogen (secondary N) is 1. The Balaban J connectivity index is 1.57. The zero-order valence-corrected chi connectivity index (χ0v) is 21.6. The number of halogens is 1. The van der Waals surface area contributed by atoms with E-state index in [1.165, 1.54) is 6.20 Å². The highest BCUT2D eigenvalue weighted by atomic mass is 35.5. The molecule has 1 aliphatic heterocycles. The minimum Gasteiger partial charge on any atom is -0.379 e. The highest BCUT2D eigenvalue weighted by molar-refractivity contribution is 6.30. The first-order chi connectivity index (χ1) is 17.4. The molecule has 192 valence electrons. The number of rotatable bonds is 10. The van der Waals surface area contributed by atoms with E-state index < -0.39 is 0 Å². The molecule has 3 aromatic rings. The molecule has 1 saturated heterocycles. The number of likely N-dealkylation sites (N-methyl/N-ethyl adjacent to an activating group) is 1. The SMILES string of the molecule is CN(C)CCOCN(Cc1ccc(Cl)cc1)C(=O)c1c[nH]c2ccc(CN3CCOCC3)cc2c1=O. The maximum absolute atomic E-state index is 13.6. The monoisotopic (exact) mass is 512 g/mol. The Hall–Kier alpha value is -2.75. The van der Waals surface area contributed by atoms with Gasteiger partial charge in [-0.2, -0.15) is 0 Å². The van der Waals surface area contributed by atoms with Crippen LogP contribution in [0.15, 0.2) is 53.5 Å². The Labute approximate surface area is 216 Å². The van der Waals surface area contributed by atoms with E-state index in [0.29, 0.717) is 42.3 Å². The molecule has 1 aromatic heterocycles. The quantitative estimate of drug-likeness (QED) is 0.332. The van der Waals surface area contributed by atoms with E-state index in [4.69, 9.17) is 21.1 Å². The number of aromatic nitrogens is 1. The Kier molecular flexibility index (Phi) is 9.12. The molecule has 0 radical (unpaired) electrons. The second-order valence-corrected chi connectivity index (χ2v) is 9.71. The molecule has 36 heavy (non-hydrogen) atoms. The van der Waals surface area contributed by atoms with Crippen LogP contribution in [0.2, 0.25) is 5.02 Å². The number of hydrogen-bond acceptors (Lipinski definition) is 6. The third-order valence-electron chi connectivity index (χ3n) is 6.19. The number of nitrogens with zero attached hydrogens (tertiary/aromatic N) is 3. The van der Waals surface area contributed by atoms with Crippen LogP contribution in [0.25, 0.3) is 10.9 Å². The van der Waals surface area contributed by atoms with Crippen LogP contribution in [0.1, 0.15) is 21.5 Å². The standard InChI is InChI=1S/C27H33ClN4O4/c1-30(2)9-12-36-19-32(18-20-3-6-22(28)7-4-20)27(34)24-16-29-25-8-5-21(15-23(25)26(24)33)17-31-10-13-35-14-11-31/h3-8,15-16H,9-14,17-19H2,1-2H3,(H,29,33). The molecular formula is C27H33ClN4O4. The van der Waals surface area contributed by atoms with Crippen molar-refractivity contribution in [3.8, 4) is 0 Å². The molecule has 8 nitrogen and oxygen atoms in total. The van der Waals surface area contributed by atoms with Gasteiger partial charge in [-0.15, -0.1) is 0 Å². The molecule has 0 aliphatic carbocycles. The maximum atomic E-state index is 13.6. The fourth-order valence-electron chi connectivity index (χ4n) is 4.12. The second kappa shape index (κ2) is 12.5. The van der Waals surface area contributed by atoms with E-state index in [2.05, 4.69) is 9.88 Å². The zero-order chi connectivity index (χ0) is 25.5. The van der Waals surface area contributed by atoms with Gasteiger partial charge >= 0.3 is 0 Å². The lowest BCUT2D eigenvalue weighted by Crippen LogP contribution is -2.36. The van der Waals surface area contributed by atoms with Crippen molar-refractivity contribution in [2.45, 2.75) is 13.1 Å². The van der Waals surface area contributed by atoms with Crippen molar-refractivity contribution in [1.82, 2.24) is 19.7 Å². The van der Waals surface area contributed by atoms with Gasteiger partial charge in [-0.05, 0) is 49.5 Å². The summed E-state index contributed by atoms with van der Waals surface area (Å²) in [6.45, 7) is 5.46. The minimum atomic E-state index is -0.378. The van der Waals surface area contributed by atoms with Crippen LogP contribution in [0.4, 0.5) is 0 Å². The van der Waals surface area contributed by atoms with Crippen LogP contribution in [-0.2, 0) is 22.6 Å². The number of carbonyl (C=O) groups excluding carboxylic acids is 1. The Morgan fingerprint density at radius 2 is 1.83 bits per heavy atom. The molecule has 1 fully saturated rings. The Morgan fingerprint density at radius 1 is 1.11 bits per heavy atom. The highest BCUT2D eigenvalue weighted by Gasteiger charge is 2.21. The summed E-state index contributed by atoms with van der Waals surface area (Å²) in [4.78, 5) is 36.0. The van der Waals surface area contributed by atoms with E-state index in [0.717, 1.165) is 37.3 Å². The summed E-state index contributed by atoms with van der Waals surface area (Å²) in [5, 5.41) is 1.13. The number of H-pyrrole nitrogens is 1. The first-order valence-electron chi connectivity index (χ1n) is 12.1. The summed E-state index contributed by atoms with van der Waals surface area (Å²) < 4.78 is 11.2. The number of aromatic amines is 1. The molecule has 1 amide bonds. The first kappa shape index (κ1) is 26.3. The van der Waals surface area contributed by atoms with E-state index in [1.54, 1.807) is 17.0 Å². The number of fused-ring (bicyclic) bond motifs is 1. The van der Waals surface area contributed by atoms with Crippen LogP contribution in [0.5, 0.6) is 0 Å². The summed E-state index contributed by atoms with van der Waals surface area (Å²) in [6, 6.07) is 13.1. The van der Waals surface area contributed by atoms with Crippen LogP contribution in [-0.4, -0.2) is 85.9 Å². The van der Waals surface area contributed by atoms with E-state index >= 15 is 0 Å². The fourth-order valence-corrected chi connectivity index (χ4v) is 4.24. The molecule has 2 heterocycles. The lowest BCUT2D eigenvalue weighted by molar-refractivity contribution is 0.0171. The molecule has 0 spiro atoms.